The second-order valence-electron chi connectivity index (χ2n) is 9.87. The van der Waals surface area contributed by atoms with Crippen LogP contribution >= 0.6 is 0 Å². The summed E-state index contributed by atoms with van der Waals surface area (Å²) >= 11 is 0. The van der Waals surface area contributed by atoms with E-state index in [1.165, 1.54) is 50.4 Å². The molecule has 4 bridgehead atoms. The number of rotatable bonds is 7. The number of esters is 1. The first-order valence-electron chi connectivity index (χ1n) is 11.8. The van der Waals surface area contributed by atoms with E-state index in [9.17, 15) is 4.79 Å². The summed E-state index contributed by atoms with van der Waals surface area (Å²) in [5.41, 5.74) is 4.09. The van der Waals surface area contributed by atoms with Gasteiger partial charge in [-0.3, -0.25) is 0 Å². The van der Waals surface area contributed by atoms with E-state index >= 15 is 0 Å². The lowest BCUT2D eigenvalue weighted by molar-refractivity contribution is -0.00637. The smallest absolute Gasteiger partial charge is 0.343 e. The quantitative estimate of drug-likeness (QED) is 0.363. The Morgan fingerprint density at radius 1 is 1.06 bits per heavy atom. The molecule has 0 heterocycles. The van der Waals surface area contributed by atoms with Gasteiger partial charge in [-0.15, -0.1) is 0 Å². The minimum atomic E-state index is -0.383. The van der Waals surface area contributed by atoms with Crippen LogP contribution in [-0.4, -0.2) is 12.6 Å². The van der Waals surface area contributed by atoms with Crippen molar-refractivity contribution in [1.29, 1.82) is 0 Å². The van der Waals surface area contributed by atoms with Gasteiger partial charge in [-0.1, -0.05) is 43.8 Å². The maximum Gasteiger partial charge on any atom is 0.343 e. The molecule has 0 N–H and O–H groups in total. The molecule has 3 heteroatoms. The Bertz CT molecular complexity index is 954. The average Bonchev–Trinajstić information content (AvgIpc) is 2.77. The van der Waals surface area contributed by atoms with Gasteiger partial charge in [0.05, 0.1) is 18.4 Å². The van der Waals surface area contributed by atoms with Crippen LogP contribution in [0.1, 0.15) is 67.8 Å². The normalized spacial score (nSPS) is 28.4. The zero-order valence-electron chi connectivity index (χ0n) is 18.4. The molecule has 2 aromatic carbocycles. The lowest BCUT2D eigenvalue weighted by Crippen LogP contribution is -2.48. The summed E-state index contributed by atoms with van der Waals surface area (Å²) in [7, 11) is 0. The summed E-state index contributed by atoms with van der Waals surface area (Å²) < 4.78 is 11.4. The molecule has 31 heavy (non-hydrogen) atoms. The van der Waals surface area contributed by atoms with Crippen LogP contribution in [0.4, 0.5) is 0 Å². The third kappa shape index (κ3) is 3.69. The van der Waals surface area contributed by atoms with E-state index in [1.807, 2.05) is 18.2 Å². The molecule has 0 saturated heterocycles. The third-order valence-corrected chi connectivity index (χ3v) is 7.70. The Morgan fingerprint density at radius 3 is 2.39 bits per heavy atom. The van der Waals surface area contributed by atoms with Gasteiger partial charge in [0.15, 0.2) is 0 Å². The lowest BCUT2D eigenvalue weighted by Gasteiger charge is -2.57. The Hall–Kier alpha value is -2.55. The molecule has 0 atom stereocenters. The van der Waals surface area contributed by atoms with Crippen molar-refractivity contribution in [3.05, 3.63) is 66.4 Å². The van der Waals surface area contributed by atoms with Crippen LogP contribution in [0.5, 0.6) is 5.75 Å². The predicted octanol–water partition coefficient (Wildman–Crippen LogP) is 6.91. The van der Waals surface area contributed by atoms with E-state index in [0.717, 1.165) is 41.1 Å². The summed E-state index contributed by atoms with van der Waals surface area (Å²) in [5.74, 6) is 3.29. The molecule has 3 nitrogen and oxygen atoms in total. The van der Waals surface area contributed by atoms with Crippen LogP contribution in [0.2, 0.25) is 0 Å². The standard InChI is InChI=1S/C28H32O3/c1-3-11-31-26-15-22(23-7-5-6-8-24(23)27(29)30-4-2)9-10-25(26)28-16-19-12-20(17-28)14-21(13-19)18-28/h4-10,15,19-21H,2-3,11-14,16-18H2,1H3. The monoisotopic (exact) mass is 416 g/mol. The second-order valence-corrected chi connectivity index (χ2v) is 9.87. The van der Waals surface area contributed by atoms with Gasteiger partial charge in [0.1, 0.15) is 5.75 Å². The number of hydrogen-bond donors (Lipinski definition) is 0. The summed E-state index contributed by atoms with van der Waals surface area (Å²) in [6.45, 7) is 6.37. The number of benzene rings is 2. The van der Waals surface area contributed by atoms with Crippen LogP contribution in [0, 0.1) is 17.8 Å². The van der Waals surface area contributed by atoms with Crippen molar-refractivity contribution in [3.63, 3.8) is 0 Å². The molecule has 0 spiro atoms. The summed E-state index contributed by atoms with van der Waals surface area (Å²) in [5, 5.41) is 0. The fourth-order valence-corrected chi connectivity index (χ4v) is 6.95. The van der Waals surface area contributed by atoms with Gasteiger partial charge in [0.25, 0.3) is 0 Å². The van der Waals surface area contributed by atoms with Gasteiger partial charge in [-0.05, 0) is 91.4 Å². The van der Waals surface area contributed by atoms with Crippen LogP contribution in [0.3, 0.4) is 0 Å². The highest BCUT2D eigenvalue weighted by molar-refractivity contribution is 5.97. The molecule has 4 aliphatic rings. The van der Waals surface area contributed by atoms with Crippen molar-refractivity contribution in [2.75, 3.05) is 6.61 Å². The molecule has 4 fully saturated rings. The highest BCUT2D eigenvalue weighted by Crippen LogP contribution is 2.62. The van der Waals surface area contributed by atoms with Crippen molar-refractivity contribution >= 4 is 5.97 Å². The molecule has 2 aromatic rings. The molecule has 4 aliphatic carbocycles. The Balaban J connectivity index is 1.56. The molecule has 0 radical (unpaired) electrons. The van der Waals surface area contributed by atoms with Gasteiger partial charge in [0.2, 0.25) is 0 Å². The van der Waals surface area contributed by atoms with Crippen molar-refractivity contribution in [2.45, 2.75) is 57.3 Å². The van der Waals surface area contributed by atoms with E-state index in [-0.39, 0.29) is 11.4 Å². The minimum Gasteiger partial charge on any atom is -0.493 e. The molecule has 0 unspecified atom stereocenters. The van der Waals surface area contributed by atoms with Crippen LogP contribution in [-0.2, 0) is 10.2 Å². The number of carbonyl (C=O) groups is 1. The average molecular weight is 417 g/mol. The second kappa shape index (κ2) is 8.18. The van der Waals surface area contributed by atoms with Crippen molar-refractivity contribution in [3.8, 4) is 16.9 Å². The highest BCUT2D eigenvalue weighted by atomic mass is 16.5. The van der Waals surface area contributed by atoms with Crippen LogP contribution in [0.15, 0.2) is 55.3 Å². The Morgan fingerprint density at radius 2 is 1.74 bits per heavy atom. The van der Waals surface area contributed by atoms with E-state index in [4.69, 9.17) is 9.47 Å². The number of carbonyl (C=O) groups excluding carboxylic acids is 1. The molecular formula is C28H32O3. The van der Waals surface area contributed by atoms with Crippen LogP contribution in [0.25, 0.3) is 11.1 Å². The van der Waals surface area contributed by atoms with Gasteiger partial charge in [0, 0.05) is 5.56 Å². The summed E-state index contributed by atoms with van der Waals surface area (Å²) in [4.78, 5) is 12.5. The van der Waals surface area contributed by atoms with Gasteiger partial charge in [-0.2, -0.15) is 0 Å². The first-order valence-corrected chi connectivity index (χ1v) is 11.8. The zero-order valence-corrected chi connectivity index (χ0v) is 18.4. The van der Waals surface area contributed by atoms with Crippen LogP contribution < -0.4 is 4.74 Å². The molecule has 4 saturated carbocycles. The van der Waals surface area contributed by atoms with Crippen molar-refractivity contribution < 1.29 is 14.3 Å². The largest absolute Gasteiger partial charge is 0.493 e. The summed E-state index contributed by atoms with van der Waals surface area (Å²) in [6.07, 6.45) is 10.4. The van der Waals surface area contributed by atoms with Crippen molar-refractivity contribution in [2.24, 2.45) is 17.8 Å². The zero-order chi connectivity index (χ0) is 21.4. The fraction of sp³-hybridized carbons (Fsp3) is 0.464. The third-order valence-electron chi connectivity index (χ3n) is 7.70. The Kier molecular flexibility index (Phi) is 5.37. The maximum absolute atomic E-state index is 12.5. The molecule has 0 aromatic heterocycles. The van der Waals surface area contributed by atoms with E-state index in [1.54, 1.807) is 6.07 Å². The SMILES string of the molecule is C=COC(=O)c1ccccc1-c1ccc(C23CC4CC(CC(C4)C2)C3)c(OCCC)c1. The van der Waals surface area contributed by atoms with E-state index in [0.29, 0.717) is 12.2 Å². The number of hydrogen-bond acceptors (Lipinski definition) is 3. The molecule has 6 rings (SSSR count). The van der Waals surface area contributed by atoms with E-state index < -0.39 is 0 Å². The predicted molar refractivity (Wildman–Crippen MR) is 123 cm³/mol. The molecular weight excluding hydrogens is 384 g/mol. The fourth-order valence-electron chi connectivity index (χ4n) is 6.95. The van der Waals surface area contributed by atoms with Gasteiger partial charge < -0.3 is 9.47 Å². The topological polar surface area (TPSA) is 35.5 Å². The maximum atomic E-state index is 12.5. The minimum absolute atomic E-state index is 0.275. The molecule has 0 amide bonds. The first kappa shape index (κ1) is 20.4. The first-order chi connectivity index (χ1) is 15.1. The van der Waals surface area contributed by atoms with E-state index in [2.05, 4.69) is 31.7 Å². The highest BCUT2D eigenvalue weighted by Gasteiger charge is 2.52. The number of ether oxygens (including phenoxy) is 2. The summed E-state index contributed by atoms with van der Waals surface area (Å²) in [6, 6.07) is 14.2. The lowest BCUT2D eigenvalue weighted by atomic mass is 9.48. The van der Waals surface area contributed by atoms with Crippen molar-refractivity contribution in [1.82, 2.24) is 0 Å². The molecule has 162 valence electrons. The molecule has 0 aliphatic heterocycles. The van der Waals surface area contributed by atoms with Gasteiger partial charge >= 0.3 is 5.97 Å². The Labute approximate surface area is 185 Å². The van der Waals surface area contributed by atoms with Gasteiger partial charge in [-0.25, -0.2) is 4.79 Å².